The molecule has 3 aromatic rings. The van der Waals surface area contributed by atoms with E-state index >= 15 is 0 Å². The average Bonchev–Trinajstić information content (AvgIpc) is 2.83. The van der Waals surface area contributed by atoms with E-state index in [1.165, 1.54) is 19.5 Å². The van der Waals surface area contributed by atoms with E-state index in [2.05, 4.69) is 31.2 Å². The maximum atomic E-state index is 10.3. The van der Waals surface area contributed by atoms with E-state index in [4.69, 9.17) is 26.2 Å². The van der Waals surface area contributed by atoms with E-state index in [0.717, 1.165) is 4.47 Å². The van der Waals surface area contributed by atoms with Crippen LogP contribution in [0.4, 0.5) is 11.5 Å². The van der Waals surface area contributed by atoms with Gasteiger partial charge in [0.25, 0.3) is 0 Å². The number of aliphatic hydroxyl groups excluding tert-OH is 5. The molecule has 0 aliphatic carbocycles. The number of hydrogen-bond donors (Lipinski definition) is 6. The van der Waals surface area contributed by atoms with Crippen molar-refractivity contribution in [2.75, 3.05) is 25.6 Å². The number of anilines is 2. The van der Waals surface area contributed by atoms with Crippen molar-refractivity contribution in [1.82, 2.24) is 9.97 Å². The Bertz CT molecular complexity index is 1110. The van der Waals surface area contributed by atoms with E-state index in [1.807, 2.05) is 6.07 Å². The van der Waals surface area contributed by atoms with Crippen LogP contribution in [-0.4, -0.2) is 80.2 Å². The van der Waals surface area contributed by atoms with Crippen LogP contribution in [-0.2, 0) is 0 Å². The van der Waals surface area contributed by atoms with Gasteiger partial charge in [-0.05, 0) is 40.2 Å². The lowest BCUT2D eigenvalue weighted by Gasteiger charge is -2.28. The molecule has 0 saturated heterocycles. The predicted octanol–water partition coefficient (Wildman–Crippen LogP) is 1.61. The minimum atomic E-state index is -1.74. The maximum absolute atomic E-state index is 10.3. The number of aromatic nitrogens is 2. The fraction of sp³-hybridized carbons (Fsp3) is 0.333. The van der Waals surface area contributed by atoms with E-state index in [0.29, 0.717) is 27.4 Å². The summed E-state index contributed by atoms with van der Waals surface area (Å²) in [4.78, 5) is 8.52. The molecule has 1 heterocycles. The van der Waals surface area contributed by atoms with Crippen molar-refractivity contribution in [2.45, 2.75) is 24.4 Å². The first-order valence-electron chi connectivity index (χ1n) is 9.76. The Morgan fingerprint density at radius 2 is 1.79 bits per heavy atom. The van der Waals surface area contributed by atoms with Crippen molar-refractivity contribution in [3.63, 3.8) is 0 Å². The average molecular weight is 545 g/mol. The van der Waals surface area contributed by atoms with E-state index < -0.39 is 37.6 Å². The lowest BCUT2D eigenvalue weighted by atomic mass is 10.0. The van der Waals surface area contributed by atoms with Gasteiger partial charge in [0.2, 0.25) is 0 Å². The van der Waals surface area contributed by atoms with Crippen LogP contribution in [0.15, 0.2) is 41.1 Å². The molecule has 33 heavy (non-hydrogen) atoms. The van der Waals surface area contributed by atoms with E-state index in [1.54, 1.807) is 18.2 Å². The van der Waals surface area contributed by atoms with Crippen LogP contribution >= 0.6 is 27.5 Å². The van der Waals surface area contributed by atoms with Gasteiger partial charge in [-0.15, -0.1) is 0 Å². The minimum absolute atomic E-state index is 0.130. The molecule has 0 bridgehead atoms. The first kappa shape index (κ1) is 25.4. The van der Waals surface area contributed by atoms with Gasteiger partial charge in [0.05, 0.1) is 30.9 Å². The Morgan fingerprint density at radius 1 is 1.03 bits per heavy atom. The molecule has 0 amide bonds. The number of rotatable bonds is 10. The molecule has 0 aliphatic rings. The molecule has 0 spiro atoms. The summed E-state index contributed by atoms with van der Waals surface area (Å²) in [6.07, 6.45) is -5.01. The fourth-order valence-electron chi connectivity index (χ4n) is 3.06. The molecule has 0 saturated carbocycles. The highest BCUT2D eigenvalue weighted by molar-refractivity contribution is 9.10. The number of ether oxygens (including phenoxy) is 2. The smallest absolute Gasteiger partial charge is 0.164 e. The number of methoxy groups -OCH3 is 1. The lowest BCUT2D eigenvalue weighted by molar-refractivity contribution is -0.117. The van der Waals surface area contributed by atoms with Gasteiger partial charge in [-0.3, -0.25) is 0 Å². The molecule has 0 fully saturated rings. The summed E-state index contributed by atoms with van der Waals surface area (Å²) in [6.45, 7) is -1.45. The molecule has 1 aromatic heterocycles. The summed E-state index contributed by atoms with van der Waals surface area (Å²) in [6, 6.07) is 8.49. The molecule has 12 heteroatoms. The molecule has 6 N–H and O–H groups in total. The minimum Gasteiger partial charge on any atom is -0.493 e. The Balaban J connectivity index is 1.93. The number of hydrogen-bond acceptors (Lipinski definition) is 10. The van der Waals surface area contributed by atoms with Crippen LogP contribution in [0.3, 0.4) is 0 Å². The van der Waals surface area contributed by atoms with Crippen LogP contribution < -0.4 is 14.8 Å². The lowest BCUT2D eigenvalue weighted by Crippen LogP contribution is -2.49. The number of nitrogens with one attached hydrogen (secondary N) is 1. The van der Waals surface area contributed by atoms with Crippen LogP contribution in [0.5, 0.6) is 11.5 Å². The van der Waals surface area contributed by atoms with Crippen molar-refractivity contribution in [3.8, 4) is 11.5 Å². The second kappa shape index (κ2) is 11.3. The molecule has 3 rings (SSSR count). The van der Waals surface area contributed by atoms with Crippen molar-refractivity contribution in [1.29, 1.82) is 0 Å². The van der Waals surface area contributed by atoms with Gasteiger partial charge in [0.1, 0.15) is 30.5 Å². The van der Waals surface area contributed by atoms with Gasteiger partial charge in [-0.1, -0.05) is 11.6 Å². The zero-order valence-corrected chi connectivity index (χ0v) is 19.7. The quantitative estimate of drug-likeness (QED) is 0.221. The number of aliphatic hydroxyl groups is 5. The van der Waals surface area contributed by atoms with Crippen LogP contribution in [0.2, 0.25) is 5.02 Å². The normalized spacial score (nSPS) is 15.0. The van der Waals surface area contributed by atoms with Gasteiger partial charge in [0.15, 0.2) is 17.6 Å². The monoisotopic (exact) mass is 543 g/mol. The van der Waals surface area contributed by atoms with Crippen molar-refractivity contribution < 1.29 is 35.0 Å². The molecular formula is C21H23BrClN3O7. The molecule has 0 unspecified atom stereocenters. The number of benzene rings is 2. The highest BCUT2D eigenvalue weighted by Crippen LogP contribution is 2.36. The molecule has 178 valence electrons. The SMILES string of the molecule is COc1cc2c(Nc3ccc(Br)c(Cl)c3)ncnc2cc1O[C@H](CO)[C@H](O)[C@@H](O)[C@H](O)CO. The van der Waals surface area contributed by atoms with Crippen molar-refractivity contribution >= 4 is 49.9 Å². The zero-order valence-electron chi connectivity index (χ0n) is 17.4. The van der Waals surface area contributed by atoms with Crippen molar-refractivity contribution in [3.05, 3.63) is 46.2 Å². The molecule has 0 aliphatic heterocycles. The predicted molar refractivity (Wildman–Crippen MR) is 125 cm³/mol. The number of halogens is 2. The third-order valence-corrected chi connectivity index (χ3v) is 6.11. The first-order valence-corrected chi connectivity index (χ1v) is 10.9. The molecule has 4 atom stereocenters. The van der Waals surface area contributed by atoms with Crippen LogP contribution in [0.1, 0.15) is 0 Å². The Kier molecular flexibility index (Phi) is 8.65. The van der Waals surface area contributed by atoms with Gasteiger partial charge in [0, 0.05) is 21.6 Å². The highest BCUT2D eigenvalue weighted by Gasteiger charge is 2.33. The third kappa shape index (κ3) is 5.82. The largest absolute Gasteiger partial charge is 0.493 e. The molecule has 10 nitrogen and oxygen atoms in total. The highest BCUT2D eigenvalue weighted by atomic mass is 79.9. The topological polar surface area (TPSA) is 157 Å². The second-order valence-electron chi connectivity index (χ2n) is 7.07. The summed E-state index contributed by atoms with van der Waals surface area (Å²) < 4.78 is 11.8. The van der Waals surface area contributed by atoms with E-state index in [9.17, 15) is 20.4 Å². The van der Waals surface area contributed by atoms with Crippen LogP contribution in [0.25, 0.3) is 10.9 Å². The summed E-state index contributed by atoms with van der Waals surface area (Å²) in [5.41, 5.74) is 1.16. The number of nitrogens with zero attached hydrogens (tertiary/aromatic N) is 2. The standard InChI is InChI=1S/C21H23BrClN3O7/c1-32-16-5-11-14(6-17(16)33-18(8-28)20(31)19(30)15(29)7-27)24-9-25-21(11)26-10-2-3-12(22)13(23)4-10/h2-6,9,15,18-20,27-31H,7-8H2,1H3,(H,24,25,26)/t15-,18-,19+,20+/m1/s1. The van der Waals surface area contributed by atoms with E-state index in [-0.39, 0.29) is 11.5 Å². The third-order valence-electron chi connectivity index (χ3n) is 4.87. The molecular weight excluding hydrogens is 522 g/mol. The Hall–Kier alpha value is -2.25. The van der Waals surface area contributed by atoms with Gasteiger partial charge in [-0.25, -0.2) is 9.97 Å². The van der Waals surface area contributed by atoms with Gasteiger partial charge >= 0.3 is 0 Å². The fourth-order valence-corrected chi connectivity index (χ4v) is 3.49. The van der Waals surface area contributed by atoms with Crippen LogP contribution in [0, 0.1) is 0 Å². The summed E-state index contributed by atoms with van der Waals surface area (Å²) in [7, 11) is 1.41. The summed E-state index contributed by atoms with van der Waals surface area (Å²) in [5.74, 6) is 0.852. The zero-order chi connectivity index (χ0) is 24.1. The number of fused-ring (bicyclic) bond motifs is 1. The van der Waals surface area contributed by atoms with Gasteiger partial charge in [-0.2, -0.15) is 0 Å². The molecule has 2 aromatic carbocycles. The van der Waals surface area contributed by atoms with Gasteiger partial charge < -0.3 is 40.3 Å². The Morgan fingerprint density at radius 3 is 2.42 bits per heavy atom. The summed E-state index contributed by atoms with van der Waals surface area (Å²) in [5, 5.41) is 52.7. The van der Waals surface area contributed by atoms with Crippen molar-refractivity contribution in [2.24, 2.45) is 0 Å². The first-order chi connectivity index (χ1) is 15.8. The summed E-state index contributed by atoms with van der Waals surface area (Å²) >= 11 is 9.51. The second-order valence-corrected chi connectivity index (χ2v) is 8.33. The molecule has 0 radical (unpaired) electrons. The maximum Gasteiger partial charge on any atom is 0.164 e. The Labute approximate surface area is 202 Å².